The van der Waals surface area contributed by atoms with Crippen LogP contribution in [-0.2, 0) is 5.75 Å². The van der Waals surface area contributed by atoms with Crippen molar-refractivity contribution in [1.82, 2.24) is 5.32 Å². The SMILES string of the molecule is CNC(C)c1ccc(SCc2cccc(C#N)c2F)cc1. The predicted octanol–water partition coefficient (Wildman–Crippen LogP) is 4.27. The van der Waals surface area contributed by atoms with E-state index in [2.05, 4.69) is 24.4 Å². The van der Waals surface area contributed by atoms with Crippen molar-refractivity contribution in [3.05, 3.63) is 65.0 Å². The van der Waals surface area contributed by atoms with Gasteiger partial charge in [-0.2, -0.15) is 5.26 Å². The van der Waals surface area contributed by atoms with Gasteiger partial charge in [0.25, 0.3) is 0 Å². The summed E-state index contributed by atoms with van der Waals surface area (Å²) in [5.41, 5.74) is 1.89. The zero-order chi connectivity index (χ0) is 15.2. The molecule has 0 saturated heterocycles. The second-order valence-electron chi connectivity index (χ2n) is 4.76. The summed E-state index contributed by atoms with van der Waals surface area (Å²) >= 11 is 1.57. The molecule has 2 nitrogen and oxygen atoms in total. The molecule has 2 rings (SSSR count). The van der Waals surface area contributed by atoms with E-state index in [-0.39, 0.29) is 5.56 Å². The van der Waals surface area contributed by atoms with Crippen LogP contribution in [0.3, 0.4) is 0 Å². The van der Waals surface area contributed by atoms with Gasteiger partial charge in [0.15, 0.2) is 0 Å². The number of halogens is 1. The highest BCUT2D eigenvalue weighted by molar-refractivity contribution is 7.98. The Balaban J connectivity index is 2.05. The third-order valence-electron chi connectivity index (χ3n) is 3.41. The number of rotatable bonds is 5. The van der Waals surface area contributed by atoms with Crippen LogP contribution in [0.5, 0.6) is 0 Å². The molecule has 0 amide bonds. The fourth-order valence-electron chi connectivity index (χ4n) is 1.96. The third-order valence-corrected chi connectivity index (χ3v) is 4.47. The Morgan fingerprint density at radius 2 is 1.95 bits per heavy atom. The average molecular weight is 300 g/mol. The fraction of sp³-hybridized carbons (Fsp3) is 0.235. The van der Waals surface area contributed by atoms with Crippen LogP contribution in [-0.4, -0.2) is 7.05 Å². The number of thioether (sulfide) groups is 1. The standard InChI is InChI=1S/C17H17FN2S/c1-12(20-2)13-6-8-16(9-7-13)21-11-15-5-3-4-14(10-19)17(15)18/h3-9,12,20H,11H2,1-2H3. The van der Waals surface area contributed by atoms with E-state index in [0.717, 1.165) is 4.90 Å². The minimum Gasteiger partial charge on any atom is -0.313 e. The summed E-state index contributed by atoms with van der Waals surface area (Å²) in [5.74, 6) is 0.107. The van der Waals surface area contributed by atoms with Gasteiger partial charge in [0.05, 0.1) is 5.56 Å². The fourth-order valence-corrected chi connectivity index (χ4v) is 2.83. The molecule has 1 N–H and O–H groups in total. The van der Waals surface area contributed by atoms with Crippen molar-refractivity contribution in [2.75, 3.05) is 7.05 Å². The van der Waals surface area contributed by atoms with E-state index in [9.17, 15) is 4.39 Å². The van der Waals surface area contributed by atoms with Crippen molar-refractivity contribution < 1.29 is 4.39 Å². The Morgan fingerprint density at radius 3 is 2.57 bits per heavy atom. The Bertz CT molecular complexity index is 647. The number of nitrogens with one attached hydrogen (secondary N) is 1. The monoisotopic (exact) mass is 300 g/mol. The summed E-state index contributed by atoms with van der Waals surface area (Å²) < 4.78 is 13.9. The summed E-state index contributed by atoms with van der Waals surface area (Å²) in [7, 11) is 1.93. The number of benzene rings is 2. The lowest BCUT2D eigenvalue weighted by atomic mass is 10.1. The van der Waals surface area contributed by atoms with E-state index in [0.29, 0.717) is 17.4 Å². The first-order valence-electron chi connectivity index (χ1n) is 6.73. The lowest BCUT2D eigenvalue weighted by Gasteiger charge is -2.11. The maximum absolute atomic E-state index is 13.9. The first kappa shape index (κ1) is 15.6. The minimum atomic E-state index is -0.409. The van der Waals surface area contributed by atoms with Crippen LogP contribution in [0.15, 0.2) is 47.4 Å². The number of nitriles is 1. The molecule has 0 aliphatic rings. The van der Waals surface area contributed by atoms with Crippen LogP contribution in [0.2, 0.25) is 0 Å². The highest BCUT2D eigenvalue weighted by Gasteiger charge is 2.08. The Labute approximate surface area is 129 Å². The first-order valence-corrected chi connectivity index (χ1v) is 7.71. The van der Waals surface area contributed by atoms with Gasteiger partial charge in [-0.05, 0) is 43.3 Å². The summed E-state index contributed by atoms with van der Waals surface area (Å²) in [6.07, 6.45) is 0. The first-order chi connectivity index (χ1) is 10.2. The summed E-state index contributed by atoms with van der Waals surface area (Å²) in [4.78, 5) is 1.09. The molecule has 0 fully saturated rings. The van der Waals surface area contributed by atoms with E-state index in [1.54, 1.807) is 23.9 Å². The van der Waals surface area contributed by atoms with Gasteiger partial charge in [-0.1, -0.05) is 24.3 Å². The molecule has 0 saturated carbocycles. The molecule has 0 heterocycles. The number of nitrogens with zero attached hydrogens (tertiary/aromatic N) is 1. The Hall–Kier alpha value is -1.83. The quantitative estimate of drug-likeness (QED) is 0.838. The van der Waals surface area contributed by atoms with Gasteiger partial charge in [0.1, 0.15) is 11.9 Å². The maximum Gasteiger partial charge on any atom is 0.144 e. The van der Waals surface area contributed by atoms with E-state index in [1.165, 1.54) is 11.6 Å². The lowest BCUT2D eigenvalue weighted by Crippen LogP contribution is -2.11. The summed E-state index contributed by atoms with van der Waals surface area (Å²) in [6.45, 7) is 2.10. The largest absolute Gasteiger partial charge is 0.313 e. The number of hydrogen-bond acceptors (Lipinski definition) is 3. The van der Waals surface area contributed by atoms with Crippen molar-refractivity contribution in [2.24, 2.45) is 0 Å². The van der Waals surface area contributed by atoms with Gasteiger partial charge < -0.3 is 5.32 Å². The molecule has 0 aliphatic carbocycles. The number of hydrogen-bond donors (Lipinski definition) is 1. The normalized spacial score (nSPS) is 11.9. The summed E-state index contributed by atoms with van der Waals surface area (Å²) in [5, 5.41) is 12.0. The molecule has 4 heteroatoms. The molecule has 0 aliphatic heterocycles. The van der Waals surface area contributed by atoms with Gasteiger partial charge in [-0.15, -0.1) is 11.8 Å². The van der Waals surface area contributed by atoms with Gasteiger partial charge in [-0.25, -0.2) is 4.39 Å². The zero-order valence-corrected chi connectivity index (χ0v) is 12.9. The molecule has 2 aromatic rings. The molecular weight excluding hydrogens is 283 g/mol. The predicted molar refractivity (Wildman–Crippen MR) is 84.6 cm³/mol. The van der Waals surface area contributed by atoms with E-state index in [1.807, 2.05) is 25.2 Å². The van der Waals surface area contributed by atoms with Crippen molar-refractivity contribution in [1.29, 1.82) is 5.26 Å². The van der Waals surface area contributed by atoms with E-state index >= 15 is 0 Å². The smallest absolute Gasteiger partial charge is 0.144 e. The van der Waals surface area contributed by atoms with Crippen molar-refractivity contribution in [2.45, 2.75) is 23.6 Å². The van der Waals surface area contributed by atoms with Crippen LogP contribution in [0.4, 0.5) is 4.39 Å². The second kappa shape index (κ2) is 7.26. The van der Waals surface area contributed by atoms with Crippen molar-refractivity contribution in [3.8, 4) is 6.07 Å². The molecule has 0 bridgehead atoms. The minimum absolute atomic E-state index is 0.103. The van der Waals surface area contributed by atoms with Crippen molar-refractivity contribution >= 4 is 11.8 Å². The van der Waals surface area contributed by atoms with Crippen molar-refractivity contribution in [3.63, 3.8) is 0 Å². The Morgan fingerprint density at radius 1 is 1.24 bits per heavy atom. The van der Waals surface area contributed by atoms with Crippen LogP contribution < -0.4 is 5.32 Å². The van der Waals surface area contributed by atoms with Gasteiger partial charge in [0, 0.05) is 16.7 Å². The molecule has 1 unspecified atom stereocenters. The zero-order valence-electron chi connectivity index (χ0n) is 12.1. The molecule has 0 radical (unpaired) electrons. The molecular formula is C17H17FN2S. The third kappa shape index (κ3) is 3.84. The summed E-state index contributed by atoms with van der Waals surface area (Å²) in [6, 6.07) is 15.4. The van der Waals surface area contributed by atoms with Crippen LogP contribution >= 0.6 is 11.8 Å². The van der Waals surface area contributed by atoms with E-state index in [4.69, 9.17) is 5.26 Å². The second-order valence-corrected chi connectivity index (χ2v) is 5.81. The molecule has 21 heavy (non-hydrogen) atoms. The average Bonchev–Trinajstić information content (AvgIpc) is 2.53. The lowest BCUT2D eigenvalue weighted by molar-refractivity contribution is 0.613. The molecule has 2 aromatic carbocycles. The molecule has 0 aromatic heterocycles. The van der Waals surface area contributed by atoms with Gasteiger partial charge in [0.2, 0.25) is 0 Å². The van der Waals surface area contributed by atoms with Gasteiger partial charge >= 0.3 is 0 Å². The van der Waals surface area contributed by atoms with Gasteiger partial charge in [-0.3, -0.25) is 0 Å². The molecule has 108 valence electrons. The van der Waals surface area contributed by atoms with Crippen LogP contribution in [0, 0.1) is 17.1 Å². The molecule has 0 spiro atoms. The maximum atomic E-state index is 13.9. The van der Waals surface area contributed by atoms with Crippen LogP contribution in [0.1, 0.15) is 29.7 Å². The highest BCUT2D eigenvalue weighted by atomic mass is 32.2. The van der Waals surface area contributed by atoms with E-state index < -0.39 is 5.82 Å². The van der Waals surface area contributed by atoms with Crippen LogP contribution in [0.25, 0.3) is 0 Å². The molecule has 1 atom stereocenters. The topological polar surface area (TPSA) is 35.8 Å². The Kier molecular flexibility index (Phi) is 5.38. The highest BCUT2D eigenvalue weighted by Crippen LogP contribution is 2.26.